The van der Waals surface area contributed by atoms with Gasteiger partial charge < -0.3 is 13.9 Å². The second-order valence-electron chi connectivity index (χ2n) is 7.37. The Bertz CT molecular complexity index is 1340. The Hall–Kier alpha value is -3.30. The second kappa shape index (κ2) is 9.29. The first-order valence-electron chi connectivity index (χ1n) is 10.1. The van der Waals surface area contributed by atoms with E-state index in [1.54, 1.807) is 62.9 Å². The van der Waals surface area contributed by atoms with Crippen LogP contribution in [-0.4, -0.2) is 27.6 Å². The maximum Gasteiger partial charge on any atom is 0.274 e. The number of thiophene rings is 1. The normalized spacial score (nSPS) is 11.4. The number of oxazole rings is 1. The van der Waals surface area contributed by atoms with Crippen molar-refractivity contribution in [2.75, 3.05) is 18.5 Å². The van der Waals surface area contributed by atoms with Crippen molar-refractivity contribution in [3.8, 4) is 23.0 Å². The summed E-state index contributed by atoms with van der Waals surface area (Å²) in [5.74, 6) is 2.06. The smallest absolute Gasteiger partial charge is 0.274 e. The number of rotatable bonds is 8. The summed E-state index contributed by atoms with van der Waals surface area (Å²) in [6.07, 6.45) is 0. The Morgan fingerprint density at radius 1 is 1.00 bits per heavy atom. The Morgan fingerprint density at radius 2 is 1.73 bits per heavy atom. The molecule has 0 saturated carbocycles. The number of benzene rings is 2. The zero-order valence-corrected chi connectivity index (χ0v) is 20.4. The van der Waals surface area contributed by atoms with E-state index in [-0.39, 0.29) is 10.8 Å². The van der Waals surface area contributed by atoms with Crippen molar-refractivity contribution >= 4 is 27.0 Å². The number of aromatic nitrogens is 1. The van der Waals surface area contributed by atoms with E-state index < -0.39 is 10.0 Å². The van der Waals surface area contributed by atoms with Crippen molar-refractivity contribution in [1.82, 2.24) is 4.98 Å². The van der Waals surface area contributed by atoms with Gasteiger partial charge >= 0.3 is 0 Å². The number of nitrogens with zero attached hydrogens (tertiary/aromatic N) is 2. The molecule has 4 aromatic rings. The maximum absolute atomic E-state index is 13.5. The summed E-state index contributed by atoms with van der Waals surface area (Å²) in [5, 5.41) is 1.75. The van der Waals surface area contributed by atoms with Gasteiger partial charge in [-0.3, -0.25) is 4.31 Å². The van der Waals surface area contributed by atoms with Crippen LogP contribution in [0.25, 0.3) is 11.5 Å². The van der Waals surface area contributed by atoms with Crippen LogP contribution in [0.15, 0.2) is 68.6 Å². The summed E-state index contributed by atoms with van der Waals surface area (Å²) in [6.45, 7) is 3.77. The minimum Gasteiger partial charge on any atom is -0.493 e. The molecule has 0 N–H and O–H groups in total. The largest absolute Gasteiger partial charge is 0.493 e. The van der Waals surface area contributed by atoms with Gasteiger partial charge in [0.1, 0.15) is 15.7 Å². The van der Waals surface area contributed by atoms with Gasteiger partial charge in [0.25, 0.3) is 10.0 Å². The third kappa shape index (κ3) is 4.60. The van der Waals surface area contributed by atoms with Gasteiger partial charge in [0.2, 0.25) is 5.89 Å². The third-order valence-corrected chi connectivity index (χ3v) is 8.32. The third-order valence-electron chi connectivity index (χ3n) is 5.18. The van der Waals surface area contributed by atoms with Crippen LogP contribution in [-0.2, 0) is 16.6 Å². The van der Waals surface area contributed by atoms with Gasteiger partial charge in [-0.1, -0.05) is 23.8 Å². The molecule has 2 heterocycles. The first-order valence-corrected chi connectivity index (χ1v) is 12.5. The topological polar surface area (TPSA) is 81.9 Å². The number of ether oxygens (including phenoxy) is 2. The molecule has 33 heavy (non-hydrogen) atoms. The van der Waals surface area contributed by atoms with E-state index in [2.05, 4.69) is 4.98 Å². The highest BCUT2D eigenvalue weighted by atomic mass is 32.2. The SMILES string of the molecule is COc1ccc(-c2nc(CN(c3ccc(C)cc3)S(=O)(=O)c3cccs3)c(C)o2)cc1OC. The van der Waals surface area contributed by atoms with Crippen molar-refractivity contribution in [3.05, 3.63) is 77.0 Å². The summed E-state index contributed by atoms with van der Waals surface area (Å²) < 4.78 is 45.1. The fourth-order valence-corrected chi connectivity index (χ4v) is 5.88. The van der Waals surface area contributed by atoms with Crippen LogP contribution >= 0.6 is 11.3 Å². The van der Waals surface area contributed by atoms with E-state index in [0.717, 1.165) is 5.56 Å². The summed E-state index contributed by atoms with van der Waals surface area (Å²) in [4.78, 5) is 4.62. The van der Waals surface area contributed by atoms with Crippen LogP contribution in [0.1, 0.15) is 17.0 Å². The minimum absolute atomic E-state index is 0.0336. The number of hydrogen-bond acceptors (Lipinski definition) is 7. The molecular weight excluding hydrogens is 460 g/mol. The van der Waals surface area contributed by atoms with Crippen molar-refractivity contribution in [3.63, 3.8) is 0 Å². The van der Waals surface area contributed by atoms with E-state index in [1.807, 2.05) is 25.1 Å². The van der Waals surface area contributed by atoms with E-state index in [4.69, 9.17) is 13.9 Å². The van der Waals surface area contributed by atoms with E-state index in [1.165, 1.54) is 15.6 Å². The van der Waals surface area contributed by atoms with Crippen molar-refractivity contribution in [2.45, 2.75) is 24.6 Å². The molecule has 0 aliphatic rings. The molecule has 0 radical (unpaired) electrons. The van der Waals surface area contributed by atoms with Crippen LogP contribution in [0.5, 0.6) is 11.5 Å². The minimum atomic E-state index is -3.78. The molecule has 0 spiro atoms. The van der Waals surface area contributed by atoms with Crippen LogP contribution in [0.2, 0.25) is 0 Å². The average molecular weight is 485 g/mol. The Labute approximate surface area is 197 Å². The predicted octanol–water partition coefficient (Wildman–Crippen LogP) is 5.43. The lowest BCUT2D eigenvalue weighted by Gasteiger charge is -2.23. The van der Waals surface area contributed by atoms with Gasteiger partial charge in [0.05, 0.1) is 26.5 Å². The quantitative estimate of drug-likeness (QED) is 0.332. The van der Waals surface area contributed by atoms with Crippen molar-refractivity contribution in [2.24, 2.45) is 0 Å². The standard InChI is InChI=1S/C24H24N2O5S2/c1-16-7-10-19(11-8-16)26(33(27,28)23-6-5-13-32-23)15-20-17(2)31-24(25-20)18-9-12-21(29-3)22(14-18)30-4/h5-14H,15H2,1-4H3. The van der Waals surface area contributed by atoms with Crippen molar-refractivity contribution in [1.29, 1.82) is 0 Å². The molecule has 0 atom stereocenters. The highest BCUT2D eigenvalue weighted by Crippen LogP contribution is 2.34. The molecule has 4 rings (SSSR count). The lowest BCUT2D eigenvalue weighted by molar-refractivity contribution is 0.355. The second-order valence-corrected chi connectivity index (χ2v) is 10.4. The summed E-state index contributed by atoms with van der Waals surface area (Å²) in [5.41, 5.74) is 2.83. The molecule has 2 aromatic heterocycles. The first kappa shape index (κ1) is 22.9. The van der Waals surface area contributed by atoms with Gasteiger partial charge in [0, 0.05) is 5.56 Å². The molecule has 9 heteroatoms. The van der Waals surface area contributed by atoms with Crippen LogP contribution < -0.4 is 13.8 Å². The first-order chi connectivity index (χ1) is 15.8. The fraction of sp³-hybridized carbons (Fsp3) is 0.208. The van der Waals surface area contributed by atoms with Crippen LogP contribution in [0.3, 0.4) is 0 Å². The molecular formula is C24H24N2O5S2. The monoisotopic (exact) mass is 484 g/mol. The highest BCUT2D eigenvalue weighted by molar-refractivity contribution is 7.94. The van der Waals surface area contributed by atoms with Gasteiger partial charge in [-0.15, -0.1) is 11.3 Å². The van der Waals surface area contributed by atoms with E-state index >= 15 is 0 Å². The van der Waals surface area contributed by atoms with E-state index in [9.17, 15) is 8.42 Å². The molecule has 0 fully saturated rings. The molecule has 0 amide bonds. The molecule has 0 saturated heterocycles. The van der Waals surface area contributed by atoms with Crippen LogP contribution in [0.4, 0.5) is 5.69 Å². The van der Waals surface area contributed by atoms with Gasteiger partial charge in [-0.25, -0.2) is 13.4 Å². The Balaban J connectivity index is 1.73. The molecule has 2 aromatic carbocycles. The average Bonchev–Trinajstić information content (AvgIpc) is 3.48. The number of anilines is 1. The van der Waals surface area contributed by atoms with E-state index in [0.29, 0.717) is 40.1 Å². The lowest BCUT2D eigenvalue weighted by atomic mass is 10.2. The number of aryl methyl sites for hydroxylation is 2. The maximum atomic E-state index is 13.5. The highest BCUT2D eigenvalue weighted by Gasteiger charge is 2.28. The molecule has 7 nitrogen and oxygen atoms in total. The summed E-state index contributed by atoms with van der Waals surface area (Å²) in [6, 6.07) is 16.1. The van der Waals surface area contributed by atoms with Gasteiger partial charge in [-0.2, -0.15) is 0 Å². The molecule has 0 aliphatic carbocycles. The number of sulfonamides is 1. The number of hydrogen-bond donors (Lipinski definition) is 0. The predicted molar refractivity (Wildman–Crippen MR) is 129 cm³/mol. The molecule has 0 aliphatic heterocycles. The summed E-state index contributed by atoms with van der Waals surface area (Å²) in [7, 11) is -0.654. The molecule has 172 valence electrons. The van der Waals surface area contributed by atoms with Gasteiger partial charge in [-0.05, 0) is 55.6 Å². The molecule has 0 bridgehead atoms. The fourth-order valence-electron chi connectivity index (χ4n) is 3.35. The Morgan fingerprint density at radius 3 is 2.36 bits per heavy atom. The zero-order valence-electron chi connectivity index (χ0n) is 18.7. The molecule has 0 unspecified atom stereocenters. The Kier molecular flexibility index (Phi) is 6.44. The van der Waals surface area contributed by atoms with Gasteiger partial charge in [0.15, 0.2) is 11.5 Å². The van der Waals surface area contributed by atoms with Crippen molar-refractivity contribution < 1.29 is 22.3 Å². The summed E-state index contributed by atoms with van der Waals surface area (Å²) >= 11 is 1.18. The van der Waals surface area contributed by atoms with Crippen LogP contribution in [0, 0.1) is 13.8 Å². The lowest BCUT2D eigenvalue weighted by Crippen LogP contribution is -2.30. The zero-order chi connectivity index (χ0) is 23.6. The number of methoxy groups -OCH3 is 2.